The predicted molar refractivity (Wildman–Crippen MR) is 109 cm³/mol. The molecule has 1 heterocycles. The highest BCUT2D eigenvalue weighted by molar-refractivity contribution is 7.92. The van der Waals surface area contributed by atoms with Gasteiger partial charge in [0.05, 0.1) is 18.6 Å². The van der Waals surface area contributed by atoms with Gasteiger partial charge in [0.15, 0.2) is 6.61 Å². The molecule has 1 amide bonds. The van der Waals surface area contributed by atoms with Gasteiger partial charge in [-0.2, -0.15) is 0 Å². The van der Waals surface area contributed by atoms with Crippen LogP contribution in [-0.2, 0) is 26.0 Å². The number of hydrogen-bond acceptors (Lipinski definition) is 6. The standard InChI is InChI=1S/C20H22N2O6S/c1-3-27-19(23)13-28-17-6-4-5-16(12-17)21-20(24)15-7-8-18-14(11-15)9-10-22(18)29(2,25)26/h4-8,11-12H,3,9-10,13H2,1-2H3,(H,21,24). The Morgan fingerprint density at radius 1 is 1.17 bits per heavy atom. The van der Waals surface area contributed by atoms with Gasteiger partial charge in [-0.05, 0) is 49.2 Å². The maximum absolute atomic E-state index is 12.6. The molecule has 9 heteroatoms. The van der Waals surface area contributed by atoms with Crippen molar-refractivity contribution in [1.82, 2.24) is 0 Å². The lowest BCUT2D eigenvalue weighted by Crippen LogP contribution is -2.27. The van der Waals surface area contributed by atoms with Crippen molar-refractivity contribution < 1.29 is 27.5 Å². The first kappa shape index (κ1) is 20.7. The Kier molecular flexibility index (Phi) is 6.07. The number of fused-ring (bicyclic) bond motifs is 1. The van der Waals surface area contributed by atoms with Crippen LogP contribution in [0.4, 0.5) is 11.4 Å². The third-order valence-electron chi connectivity index (χ3n) is 4.35. The zero-order chi connectivity index (χ0) is 21.0. The number of sulfonamides is 1. The first-order chi connectivity index (χ1) is 13.8. The molecule has 0 spiro atoms. The molecule has 0 radical (unpaired) electrons. The zero-order valence-corrected chi connectivity index (χ0v) is 17.0. The van der Waals surface area contributed by atoms with Gasteiger partial charge < -0.3 is 14.8 Å². The predicted octanol–water partition coefficient (Wildman–Crippen LogP) is 2.20. The van der Waals surface area contributed by atoms with Crippen LogP contribution in [0.1, 0.15) is 22.8 Å². The van der Waals surface area contributed by atoms with E-state index in [1.807, 2.05) is 0 Å². The molecular weight excluding hydrogens is 396 g/mol. The smallest absolute Gasteiger partial charge is 0.344 e. The van der Waals surface area contributed by atoms with E-state index in [1.165, 1.54) is 10.6 Å². The van der Waals surface area contributed by atoms with E-state index in [4.69, 9.17) is 9.47 Å². The Morgan fingerprint density at radius 3 is 2.69 bits per heavy atom. The highest BCUT2D eigenvalue weighted by atomic mass is 32.2. The number of anilines is 2. The van der Waals surface area contributed by atoms with Crippen LogP contribution in [0.3, 0.4) is 0 Å². The van der Waals surface area contributed by atoms with Crippen LogP contribution >= 0.6 is 0 Å². The second-order valence-corrected chi connectivity index (χ2v) is 8.41. The Morgan fingerprint density at radius 2 is 1.97 bits per heavy atom. The second kappa shape index (κ2) is 8.52. The van der Waals surface area contributed by atoms with Crippen molar-refractivity contribution in [3.63, 3.8) is 0 Å². The Hall–Kier alpha value is -3.07. The summed E-state index contributed by atoms with van der Waals surface area (Å²) in [5.74, 6) is -0.370. The molecule has 2 aromatic carbocycles. The average Bonchev–Trinajstić information content (AvgIpc) is 3.10. The van der Waals surface area contributed by atoms with Crippen LogP contribution in [-0.4, -0.2) is 46.3 Å². The zero-order valence-electron chi connectivity index (χ0n) is 16.2. The van der Waals surface area contributed by atoms with Gasteiger partial charge in [-0.1, -0.05) is 6.07 Å². The summed E-state index contributed by atoms with van der Waals surface area (Å²) in [4.78, 5) is 24.0. The normalized spacial score (nSPS) is 13.0. The molecule has 1 aliphatic rings. The third kappa shape index (κ3) is 5.05. The number of nitrogens with one attached hydrogen (secondary N) is 1. The van der Waals surface area contributed by atoms with Crippen LogP contribution in [0, 0.1) is 0 Å². The first-order valence-electron chi connectivity index (χ1n) is 9.08. The molecule has 0 atom stereocenters. The van der Waals surface area contributed by atoms with Gasteiger partial charge in [-0.25, -0.2) is 13.2 Å². The molecular formula is C20H22N2O6S. The monoisotopic (exact) mass is 418 g/mol. The highest BCUT2D eigenvalue weighted by Crippen LogP contribution is 2.31. The van der Waals surface area contributed by atoms with Crippen LogP contribution in [0.25, 0.3) is 0 Å². The number of nitrogens with zero attached hydrogens (tertiary/aromatic N) is 1. The molecule has 0 fully saturated rings. The molecule has 2 aromatic rings. The van der Waals surface area contributed by atoms with E-state index < -0.39 is 16.0 Å². The van der Waals surface area contributed by atoms with E-state index in [0.717, 1.165) is 5.56 Å². The summed E-state index contributed by atoms with van der Waals surface area (Å²) >= 11 is 0. The minimum absolute atomic E-state index is 0.215. The lowest BCUT2D eigenvalue weighted by atomic mass is 10.1. The van der Waals surface area contributed by atoms with Gasteiger partial charge in [-0.15, -0.1) is 0 Å². The number of rotatable bonds is 7. The average molecular weight is 418 g/mol. The molecule has 1 N–H and O–H groups in total. The maximum Gasteiger partial charge on any atom is 0.344 e. The van der Waals surface area contributed by atoms with E-state index in [9.17, 15) is 18.0 Å². The van der Waals surface area contributed by atoms with Crippen molar-refractivity contribution >= 4 is 33.3 Å². The lowest BCUT2D eigenvalue weighted by molar-refractivity contribution is -0.145. The van der Waals surface area contributed by atoms with Crippen LogP contribution in [0.15, 0.2) is 42.5 Å². The molecule has 1 aliphatic heterocycles. The summed E-state index contributed by atoms with van der Waals surface area (Å²) in [5.41, 5.74) is 2.36. The van der Waals surface area contributed by atoms with Crippen molar-refractivity contribution in [2.75, 3.05) is 35.6 Å². The molecule has 8 nitrogen and oxygen atoms in total. The minimum Gasteiger partial charge on any atom is -0.482 e. The molecule has 0 unspecified atom stereocenters. The van der Waals surface area contributed by atoms with E-state index >= 15 is 0 Å². The van der Waals surface area contributed by atoms with Crippen molar-refractivity contribution in [1.29, 1.82) is 0 Å². The Bertz CT molecular complexity index is 1040. The minimum atomic E-state index is -3.33. The Labute approximate surface area is 169 Å². The summed E-state index contributed by atoms with van der Waals surface area (Å²) < 4.78 is 35.2. The van der Waals surface area contributed by atoms with Crippen molar-refractivity contribution in [2.24, 2.45) is 0 Å². The van der Waals surface area contributed by atoms with Crippen molar-refractivity contribution in [2.45, 2.75) is 13.3 Å². The number of hydrogen-bond donors (Lipinski definition) is 1. The summed E-state index contributed by atoms with van der Waals surface area (Å²) in [6.45, 7) is 2.15. The number of carbonyl (C=O) groups excluding carboxylic acids is 2. The Balaban J connectivity index is 1.68. The van der Waals surface area contributed by atoms with E-state index in [1.54, 1.807) is 49.4 Å². The van der Waals surface area contributed by atoms with E-state index in [2.05, 4.69) is 5.32 Å². The topological polar surface area (TPSA) is 102 Å². The van der Waals surface area contributed by atoms with Crippen LogP contribution in [0.5, 0.6) is 5.75 Å². The lowest BCUT2D eigenvalue weighted by Gasteiger charge is -2.16. The molecule has 0 saturated heterocycles. The molecule has 29 heavy (non-hydrogen) atoms. The quantitative estimate of drug-likeness (QED) is 0.692. The summed E-state index contributed by atoms with van der Waals surface area (Å²) in [7, 11) is -3.33. The second-order valence-electron chi connectivity index (χ2n) is 6.50. The first-order valence-corrected chi connectivity index (χ1v) is 10.9. The summed E-state index contributed by atoms with van der Waals surface area (Å²) in [6, 6.07) is 11.6. The van der Waals surface area contributed by atoms with Crippen LogP contribution < -0.4 is 14.4 Å². The van der Waals surface area contributed by atoms with Gasteiger partial charge in [0, 0.05) is 23.9 Å². The molecule has 0 aliphatic carbocycles. The van der Waals surface area contributed by atoms with Crippen molar-refractivity contribution in [3.05, 3.63) is 53.6 Å². The summed E-state index contributed by atoms with van der Waals surface area (Å²) in [5, 5.41) is 2.78. The third-order valence-corrected chi connectivity index (χ3v) is 5.53. The number of carbonyl (C=O) groups is 2. The van der Waals surface area contributed by atoms with Crippen molar-refractivity contribution in [3.8, 4) is 5.75 Å². The largest absolute Gasteiger partial charge is 0.482 e. The number of esters is 1. The van der Waals surface area contributed by atoms with Gasteiger partial charge >= 0.3 is 5.97 Å². The van der Waals surface area contributed by atoms with Gasteiger partial charge in [0.2, 0.25) is 10.0 Å². The molecule has 0 bridgehead atoms. The van der Waals surface area contributed by atoms with Gasteiger partial charge in [0.1, 0.15) is 5.75 Å². The molecule has 0 saturated carbocycles. The van der Waals surface area contributed by atoms with Gasteiger partial charge in [0.25, 0.3) is 5.91 Å². The molecule has 3 rings (SSSR count). The number of amides is 1. The SMILES string of the molecule is CCOC(=O)COc1cccc(NC(=O)c2ccc3c(c2)CCN3S(C)(=O)=O)c1. The fourth-order valence-electron chi connectivity index (χ4n) is 3.07. The molecule has 154 valence electrons. The fraction of sp³-hybridized carbons (Fsp3) is 0.300. The maximum atomic E-state index is 12.6. The summed E-state index contributed by atoms with van der Waals surface area (Å²) in [6.07, 6.45) is 1.72. The fourth-order valence-corrected chi connectivity index (χ4v) is 4.03. The van der Waals surface area contributed by atoms with Crippen LogP contribution in [0.2, 0.25) is 0 Å². The number of ether oxygens (including phenoxy) is 2. The van der Waals surface area contributed by atoms with E-state index in [-0.39, 0.29) is 19.1 Å². The molecule has 0 aromatic heterocycles. The number of benzene rings is 2. The van der Waals surface area contributed by atoms with E-state index in [0.29, 0.717) is 35.7 Å². The highest BCUT2D eigenvalue weighted by Gasteiger charge is 2.26. The van der Waals surface area contributed by atoms with Gasteiger partial charge in [-0.3, -0.25) is 9.10 Å².